The lowest BCUT2D eigenvalue weighted by Gasteiger charge is -2.06. The van der Waals surface area contributed by atoms with Crippen molar-refractivity contribution in [2.24, 2.45) is 0 Å². The van der Waals surface area contributed by atoms with Crippen molar-refractivity contribution in [3.05, 3.63) is 59.7 Å². The number of halogens is 2. The third kappa shape index (κ3) is 4.30. The molecule has 2 aromatic rings. The van der Waals surface area contributed by atoms with Crippen LogP contribution in [0.25, 0.3) is 0 Å². The number of rotatable bonds is 5. The molecule has 114 valence electrons. The Hall–Kier alpha value is -2.90. The van der Waals surface area contributed by atoms with E-state index in [1.165, 1.54) is 0 Å². The van der Waals surface area contributed by atoms with Gasteiger partial charge in [-0.25, -0.2) is 18.4 Å². The van der Waals surface area contributed by atoms with Crippen LogP contribution in [-0.4, -0.2) is 35.1 Å². The number of hydrogen-bond acceptors (Lipinski definition) is 6. The predicted molar refractivity (Wildman–Crippen MR) is 69.0 cm³/mol. The topological polar surface area (TPSA) is 78.4 Å². The van der Waals surface area contributed by atoms with Gasteiger partial charge in [0.2, 0.25) is 0 Å². The van der Waals surface area contributed by atoms with E-state index >= 15 is 0 Å². The third-order valence-corrected chi connectivity index (χ3v) is 2.43. The normalized spacial score (nSPS) is 10.1. The van der Waals surface area contributed by atoms with Crippen LogP contribution < -0.4 is 0 Å². The number of carbonyl (C=O) groups excluding carboxylic acids is 2. The molecule has 2 rings (SSSR count). The van der Waals surface area contributed by atoms with E-state index in [9.17, 15) is 18.4 Å². The number of ether oxygens (including phenoxy) is 2. The Morgan fingerprint density at radius 2 is 1.23 bits per heavy atom. The second-order valence-corrected chi connectivity index (χ2v) is 4.06. The molecule has 0 saturated heterocycles. The molecule has 0 saturated carbocycles. The average Bonchev–Trinajstić information content (AvgIpc) is 2.51. The van der Waals surface area contributed by atoms with Crippen LogP contribution in [0.5, 0.6) is 0 Å². The van der Waals surface area contributed by atoms with E-state index in [0.29, 0.717) is 0 Å². The van der Waals surface area contributed by atoms with Gasteiger partial charge >= 0.3 is 11.9 Å². The highest BCUT2D eigenvalue weighted by Gasteiger charge is 2.11. The Labute approximate surface area is 123 Å². The minimum Gasteiger partial charge on any atom is -0.458 e. The van der Waals surface area contributed by atoms with Crippen molar-refractivity contribution in [3.63, 3.8) is 0 Å². The highest BCUT2D eigenvalue weighted by Crippen LogP contribution is 2.04. The van der Waals surface area contributed by atoms with Gasteiger partial charge in [0.15, 0.2) is 0 Å². The van der Waals surface area contributed by atoms with Crippen LogP contribution in [0.4, 0.5) is 8.78 Å². The van der Waals surface area contributed by atoms with Gasteiger partial charge in [-0.05, 0) is 12.1 Å². The number of esters is 2. The molecule has 0 aliphatic heterocycles. The molecule has 0 N–H and O–H groups in total. The standard InChI is InChI=1S/C14H10F2N2O4/c15-11-3-9(5-17-7-11)13(19)21-1-2-22-14(20)10-4-12(16)8-18-6-10/h3-8H,1-2H2. The molecule has 6 nitrogen and oxygen atoms in total. The fourth-order valence-corrected chi connectivity index (χ4v) is 1.48. The number of nitrogens with zero attached hydrogens (tertiary/aromatic N) is 2. The van der Waals surface area contributed by atoms with Gasteiger partial charge in [-0.2, -0.15) is 0 Å². The molecule has 0 bridgehead atoms. The summed E-state index contributed by atoms with van der Waals surface area (Å²) in [4.78, 5) is 30.1. The minimum atomic E-state index is -0.796. The first-order valence-electron chi connectivity index (χ1n) is 6.11. The maximum Gasteiger partial charge on any atom is 0.339 e. The molecule has 8 heteroatoms. The van der Waals surface area contributed by atoms with Crippen LogP contribution >= 0.6 is 0 Å². The van der Waals surface area contributed by atoms with Gasteiger partial charge in [-0.15, -0.1) is 0 Å². The molecule has 0 fully saturated rings. The zero-order valence-corrected chi connectivity index (χ0v) is 11.2. The van der Waals surface area contributed by atoms with Gasteiger partial charge in [0.05, 0.1) is 23.5 Å². The van der Waals surface area contributed by atoms with Crippen molar-refractivity contribution in [2.45, 2.75) is 0 Å². The quantitative estimate of drug-likeness (QED) is 0.619. The van der Waals surface area contributed by atoms with E-state index in [1.54, 1.807) is 0 Å². The fraction of sp³-hybridized carbons (Fsp3) is 0.143. The van der Waals surface area contributed by atoms with Crippen molar-refractivity contribution in [3.8, 4) is 0 Å². The first-order chi connectivity index (χ1) is 10.6. The zero-order valence-electron chi connectivity index (χ0n) is 11.2. The minimum absolute atomic E-state index is 0.0549. The van der Waals surface area contributed by atoms with E-state index in [2.05, 4.69) is 9.97 Å². The van der Waals surface area contributed by atoms with E-state index in [4.69, 9.17) is 9.47 Å². The Morgan fingerprint density at radius 1 is 0.818 bits per heavy atom. The van der Waals surface area contributed by atoms with E-state index in [1.807, 2.05) is 0 Å². The van der Waals surface area contributed by atoms with Gasteiger partial charge in [-0.3, -0.25) is 9.97 Å². The summed E-state index contributed by atoms with van der Waals surface area (Å²) in [6, 6.07) is 1.94. The number of carbonyl (C=O) groups is 2. The molecule has 0 atom stereocenters. The molecular weight excluding hydrogens is 298 g/mol. The second-order valence-electron chi connectivity index (χ2n) is 4.06. The SMILES string of the molecule is O=C(OCCOC(=O)c1cncc(F)c1)c1cncc(F)c1. The summed E-state index contributed by atoms with van der Waals surface area (Å²) in [6.07, 6.45) is 4.20. The maximum atomic E-state index is 12.9. The Morgan fingerprint density at radius 3 is 1.59 bits per heavy atom. The summed E-state index contributed by atoms with van der Waals surface area (Å²) < 4.78 is 35.3. The highest BCUT2D eigenvalue weighted by atomic mass is 19.1. The van der Waals surface area contributed by atoms with Crippen LogP contribution in [0, 0.1) is 11.6 Å². The van der Waals surface area contributed by atoms with Gasteiger partial charge in [0.25, 0.3) is 0 Å². The summed E-state index contributed by atoms with van der Waals surface area (Å²) in [5, 5.41) is 0. The van der Waals surface area contributed by atoms with Gasteiger partial charge in [0, 0.05) is 12.4 Å². The van der Waals surface area contributed by atoms with E-state index < -0.39 is 23.6 Å². The van der Waals surface area contributed by atoms with Crippen LogP contribution in [0.2, 0.25) is 0 Å². The molecule has 0 aromatic carbocycles. The van der Waals surface area contributed by atoms with Gasteiger partial charge in [0.1, 0.15) is 24.8 Å². The monoisotopic (exact) mass is 308 g/mol. The number of aromatic nitrogens is 2. The van der Waals surface area contributed by atoms with Gasteiger partial charge < -0.3 is 9.47 Å². The molecule has 2 heterocycles. The van der Waals surface area contributed by atoms with Crippen molar-refractivity contribution in [1.29, 1.82) is 0 Å². The number of hydrogen-bond donors (Lipinski definition) is 0. The van der Waals surface area contributed by atoms with Crippen LogP contribution in [0.15, 0.2) is 36.9 Å². The number of pyridine rings is 2. The summed E-state index contributed by atoms with van der Waals surface area (Å²) in [5.41, 5.74) is -0.110. The van der Waals surface area contributed by atoms with Crippen molar-refractivity contribution >= 4 is 11.9 Å². The fourth-order valence-electron chi connectivity index (χ4n) is 1.48. The molecule has 22 heavy (non-hydrogen) atoms. The Kier molecular flexibility index (Phi) is 5.07. The summed E-state index contributed by atoms with van der Waals surface area (Å²) in [5.74, 6) is -2.93. The molecule has 0 amide bonds. The Balaban J connectivity index is 1.77. The average molecular weight is 308 g/mol. The lowest BCUT2D eigenvalue weighted by Crippen LogP contribution is -2.14. The van der Waals surface area contributed by atoms with Crippen molar-refractivity contribution in [1.82, 2.24) is 9.97 Å². The molecule has 2 aromatic heterocycles. The van der Waals surface area contributed by atoms with Gasteiger partial charge in [-0.1, -0.05) is 0 Å². The summed E-state index contributed by atoms with van der Waals surface area (Å²) >= 11 is 0. The molecule has 0 spiro atoms. The summed E-state index contributed by atoms with van der Waals surface area (Å²) in [7, 11) is 0. The first-order valence-corrected chi connectivity index (χ1v) is 6.11. The molecule has 0 radical (unpaired) electrons. The molecule has 0 unspecified atom stereocenters. The van der Waals surface area contributed by atoms with Crippen LogP contribution in [0.3, 0.4) is 0 Å². The molecule has 0 aliphatic rings. The van der Waals surface area contributed by atoms with Crippen molar-refractivity contribution in [2.75, 3.05) is 13.2 Å². The lowest BCUT2D eigenvalue weighted by atomic mass is 10.3. The molecule has 0 aliphatic carbocycles. The highest BCUT2D eigenvalue weighted by molar-refractivity contribution is 5.89. The second kappa shape index (κ2) is 7.21. The van der Waals surface area contributed by atoms with E-state index in [-0.39, 0.29) is 24.3 Å². The first kappa shape index (κ1) is 15.5. The van der Waals surface area contributed by atoms with E-state index in [0.717, 1.165) is 36.9 Å². The predicted octanol–water partition coefficient (Wildman–Crippen LogP) is 1.77. The molecular formula is C14H10F2N2O4. The maximum absolute atomic E-state index is 12.9. The van der Waals surface area contributed by atoms with Crippen LogP contribution in [-0.2, 0) is 9.47 Å². The lowest BCUT2D eigenvalue weighted by molar-refractivity contribution is 0.0264. The largest absolute Gasteiger partial charge is 0.458 e. The van der Waals surface area contributed by atoms with Crippen molar-refractivity contribution < 1.29 is 27.8 Å². The smallest absolute Gasteiger partial charge is 0.339 e. The van der Waals surface area contributed by atoms with Crippen LogP contribution in [0.1, 0.15) is 20.7 Å². The third-order valence-electron chi connectivity index (χ3n) is 2.43. The summed E-state index contributed by atoms with van der Waals surface area (Å²) in [6.45, 7) is -0.465. The Bertz CT molecular complexity index is 635. The zero-order chi connectivity index (χ0) is 15.9.